The molecule has 1 aliphatic rings. The van der Waals surface area contributed by atoms with Gasteiger partial charge in [0.15, 0.2) is 0 Å². The third-order valence-electron chi connectivity index (χ3n) is 4.21. The van der Waals surface area contributed by atoms with Gasteiger partial charge in [-0.2, -0.15) is 0 Å². The first kappa shape index (κ1) is 14.3. The van der Waals surface area contributed by atoms with Crippen molar-refractivity contribution in [3.63, 3.8) is 0 Å². The van der Waals surface area contributed by atoms with Gasteiger partial charge in [-0.15, -0.1) is 0 Å². The van der Waals surface area contributed by atoms with Crippen LogP contribution in [0, 0.1) is 6.92 Å². The molecule has 0 spiro atoms. The van der Waals surface area contributed by atoms with E-state index in [1.807, 2.05) is 19.1 Å². The van der Waals surface area contributed by atoms with Gasteiger partial charge in [0.1, 0.15) is 5.65 Å². The number of fused-ring (bicyclic) bond motifs is 1. The predicted molar refractivity (Wildman–Crippen MR) is 84.6 cm³/mol. The molecule has 1 fully saturated rings. The Balaban J connectivity index is 1.84. The smallest absolute Gasteiger partial charge is 0.258 e. The Morgan fingerprint density at radius 3 is 2.57 bits per heavy atom. The van der Waals surface area contributed by atoms with E-state index in [4.69, 9.17) is 0 Å². The second-order valence-corrected chi connectivity index (χ2v) is 6.06. The Bertz CT molecular complexity index is 669. The lowest BCUT2D eigenvalue weighted by molar-refractivity contribution is 0.237. The summed E-state index contributed by atoms with van der Waals surface area (Å²) in [6, 6.07) is 5.59. The number of hydrogen-bond donors (Lipinski definition) is 0. The van der Waals surface area contributed by atoms with Crippen LogP contribution >= 0.6 is 0 Å². The second kappa shape index (κ2) is 6.39. The molecule has 1 aliphatic heterocycles. The maximum Gasteiger partial charge on any atom is 0.258 e. The standard InChI is InChI=1S/C17H23N3O/c1-14-7-10-20-16(11-14)18-15(12-17(20)21)13-19-8-5-3-2-4-6-9-19/h7,10-12H,2-6,8-9,13H2,1H3. The summed E-state index contributed by atoms with van der Waals surface area (Å²) < 4.78 is 1.62. The first-order valence-corrected chi connectivity index (χ1v) is 7.94. The minimum Gasteiger partial charge on any atom is -0.298 e. The average molecular weight is 285 g/mol. The molecular formula is C17H23N3O. The van der Waals surface area contributed by atoms with Gasteiger partial charge >= 0.3 is 0 Å². The molecule has 0 amide bonds. The summed E-state index contributed by atoms with van der Waals surface area (Å²) in [5.41, 5.74) is 2.79. The molecule has 1 saturated heterocycles. The molecule has 4 heteroatoms. The second-order valence-electron chi connectivity index (χ2n) is 6.06. The maximum atomic E-state index is 12.2. The van der Waals surface area contributed by atoms with Crippen LogP contribution in [-0.2, 0) is 6.54 Å². The molecule has 0 N–H and O–H groups in total. The zero-order valence-corrected chi connectivity index (χ0v) is 12.7. The van der Waals surface area contributed by atoms with E-state index in [-0.39, 0.29) is 5.56 Å². The number of aryl methyl sites for hydroxylation is 1. The zero-order chi connectivity index (χ0) is 14.7. The van der Waals surface area contributed by atoms with Gasteiger partial charge in [0.2, 0.25) is 0 Å². The molecule has 0 aliphatic carbocycles. The van der Waals surface area contributed by atoms with Crippen LogP contribution in [0.25, 0.3) is 5.65 Å². The number of likely N-dealkylation sites (tertiary alicyclic amines) is 1. The summed E-state index contributed by atoms with van der Waals surface area (Å²) in [5.74, 6) is 0. The minimum atomic E-state index is 0.0158. The molecule has 3 rings (SSSR count). The molecule has 0 aromatic carbocycles. The topological polar surface area (TPSA) is 37.6 Å². The van der Waals surface area contributed by atoms with Crippen LogP contribution < -0.4 is 5.56 Å². The number of aromatic nitrogens is 2. The fourth-order valence-electron chi connectivity index (χ4n) is 3.03. The van der Waals surface area contributed by atoms with E-state index in [9.17, 15) is 4.79 Å². The lowest BCUT2D eigenvalue weighted by atomic mass is 10.1. The van der Waals surface area contributed by atoms with Crippen molar-refractivity contribution in [1.29, 1.82) is 0 Å². The Morgan fingerprint density at radius 2 is 1.81 bits per heavy atom. The molecule has 2 aromatic heterocycles. The molecule has 0 unspecified atom stereocenters. The number of pyridine rings is 1. The third kappa shape index (κ3) is 3.50. The molecule has 0 bridgehead atoms. The molecule has 112 valence electrons. The van der Waals surface area contributed by atoms with Gasteiger partial charge in [0.05, 0.1) is 5.69 Å². The van der Waals surface area contributed by atoms with Crippen LogP contribution in [0.3, 0.4) is 0 Å². The monoisotopic (exact) mass is 285 g/mol. The largest absolute Gasteiger partial charge is 0.298 e. The predicted octanol–water partition coefficient (Wildman–Crippen LogP) is 2.77. The average Bonchev–Trinajstić information content (AvgIpc) is 2.41. The van der Waals surface area contributed by atoms with Crippen LogP contribution in [0.4, 0.5) is 0 Å². The van der Waals surface area contributed by atoms with Crippen molar-refractivity contribution in [1.82, 2.24) is 14.3 Å². The van der Waals surface area contributed by atoms with Crippen LogP contribution in [-0.4, -0.2) is 27.4 Å². The molecule has 0 radical (unpaired) electrons. The number of nitrogens with zero attached hydrogens (tertiary/aromatic N) is 3. The van der Waals surface area contributed by atoms with Crippen LogP contribution in [0.2, 0.25) is 0 Å². The third-order valence-corrected chi connectivity index (χ3v) is 4.21. The molecule has 3 heterocycles. The van der Waals surface area contributed by atoms with Gasteiger partial charge in [0.25, 0.3) is 5.56 Å². The van der Waals surface area contributed by atoms with Crippen molar-refractivity contribution in [2.24, 2.45) is 0 Å². The highest BCUT2D eigenvalue weighted by molar-refractivity contribution is 5.41. The minimum absolute atomic E-state index is 0.0158. The lowest BCUT2D eigenvalue weighted by Crippen LogP contribution is -2.28. The lowest BCUT2D eigenvalue weighted by Gasteiger charge is -2.24. The van der Waals surface area contributed by atoms with Crippen molar-refractivity contribution in [2.45, 2.75) is 45.6 Å². The normalized spacial score (nSPS) is 17.6. The van der Waals surface area contributed by atoms with Gasteiger partial charge in [-0.1, -0.05) is 19.3 Å². The highest BCUT2D eigenvalue weighted by Crippen LogP contribution is 2.12. The van der Waals surface area contributed by atoms with Crippen molar-refractivity contribution < 1.29 is 0 Å². The van der Waals surface area contributed by atoms with E-state index in [2.05, 4.69) is 9.88 Å². The van der Waals surface area contributed by atoms with Crippen molar-refractivity contribution in [3.05, 3.63) is 46.0 Å². The van der Waals surface area contributed by atoms with E-state index in [0.29, 0.717) is 0 Å². The molecule has 0 saturated carbocycles. The van der Waals surface area contributed by atoms with Crippen LogP contribution in [0.1, 0.15) is 43.4 Å². The number of rotatable bonds is 2. The van der Waals surface area contributed by atoms with Crippen LogP contribution in [0.5, 0.6) is 0 Å². The summed E-state index contributed by atoms with van der Waals surface area (Å²) in [7, 11) is 0. The van der Waals surface area contributed by atoms with Gasteiger partial charge in [0, 0.05) is 18.8 Å². The van der Waals surface area contributed by atoms with Gasteiger partial charge in [-0.05, 0) is 50.6 Å². The van der Waals surface area contributed by atoms with E-state index in [1.54, 1.807) is 16.7 Å². The Kier molecular flexibility index (Phi) is 4.34. The molecule has 21 heavy (non-hydrogen) atoms. The van der Waals surface area contributed by atoms with E-state index < -0.39 is 0 Å². The Morgan fingerprint density at radius 1 is 1.10 bits per heavy atom. The first-order chi connectivity index (χ1) is 10.2. The fraction of sp³-hybridized carbons (Fsp3) is 0.529. The highest BCUT2D eigenvalue weighted by atomic mass is 16.1. The van der Waals surface area contributed by atoms with Gasteiger partial charge in [-0.25, -0.2) is 4.98 Å². The van der Waals surface area contributed by atoms with Gasteiger partial charge in [-0.3, -0.25) is 14.1 Å². The van der Waals surface area contributed by atoms with Gasteiger partial charge < -0.3 is 0 Å². The summed E-state index contributed by atoms with van der Waals surface area (Å²) in [4.78, 5) is 19.3. The van der Waals surface area contributed by atoms with Crippen molar-refractivity contribution in [2.75, 3.05) is 13.1 Å². The molecule has 4 nitrogen and oxygen atoms in total. The van der Waals surface area contributed by atoms with E-state index in [1.165, 1.54) is 32.1 Å². The maximum absolute atomic E-state index is 12.2. The summed E-state index contributed by atoms with van der Waals surface area (Å²) in [6.45, 7) is 5.06. The summed E-state index contributed by atoms with van der Waals surface area (Å²) in [5, 5.41) is 0. The fourth-order valence-corrected chi connectivity index (χ4v) is 3.03. The zero-order valence-electron chi connectivity index (χ0n) is 12.7. The summed E-state index contributed by atoms with van der Waals surface area (Å²) >= 11 is 0. The molecule has 0 atom stereocenters. The highest BCUT2D eigenvalue weighted by Gasteiger charge is 2.11. The summed E-state index contributed by atoms with van der Waals surface area (Å²) in [6.07, 6.45) is 8.33. The first-order valence-electron chi connectivity index (χ1n) is 7.94. The quantitative estimate of drug-likeness (QED) is 0.851. The van der Waals surface area contributed by atoms with Crippen LogP contribution in [0.15, 0.2) is 29.2 Å². The van der Waals surface area contributed by atoms with E-state index in [0.717, 1.165) is 36.5 Å². The molecule has 2 aromatic rings. The molecular weight excluding hydrogens is 262 g/mol. The Labute approximate surface area is 125 Å². The number of hydrogen-bond acceptors (Lipinski definition) is 3. The SMILES string of the molecule is Cc1ccn2c(=O)cc(CN3CCCCCCC3)nc2c1. The van der Waals surface area contributed by atoms with E-state index >= 15 is 0 Å². The van der Waals surface area contributed by atoms with Crippen molar-refractivity contribution in [3.8, 4) is 0 Å². The van der Waals surface area contributed by atoms with Crippen molar-refractivity contribution >= 4 is 5.65 Å². The Hall–Kier alpha value is -1.68.